The van der Waals surface area contributed by atoms with Crippen LogP contribution in [0.2, 0.25) is 0 Å². The van der Waals surface area contributed by atoms with Gasteiger partial charge in [0.2, 0.25) is 30.1 Å². The fraction of sp³-hybridized carbons (Fsp3) is 0.280. The summed E-state index contributed by atoms with van der Waals surface area (Å²) in [6.07, 6.45) is 13.7. The summed E-state index contributed by atoms with van der Waals surface area (Å²) < 4.78 is 116. The number of ether oxygens (including phenoxy) is 1. The first-order valence-corrected chi connectivity index (χ1v) is 39.9. The van der Waals surface area contributed by atoms with Crippen LogP contribution in [-0.4, -0.2) is 136 Å². The second kappa shape index (κ2) is 31.0. The number of phenols is 1. The predicted molar refractivity (Wildman–Crippen MR) is 404 cm³/mol. The lowest BCUT2D eigenvalue weighted by Gasteiger charge is -2.23. The third kappa shape index (κ3) is 16.2. The van der Waals surface area contributed by atoms with E-state index < -0.39 is 30.1 Å². The average Bonchev–Trinajstić information content (AvgIpc) is 1.60. The molecular formula is C75H79BrF2N12O11S3. The van der Waals surface area contributed by atoms with Crippen LogP contribution in [-0.2, 0) is 30.1 Å². The van der Waals surface area contributed by atoms with Crippen LogP contribution in [0.1, 0.15) is 125 Å². The van der Waals surface area contributed by atoms with E-state index in [0.717, 1.165) is 70.8 Å². The highest BCUT2D eigenvalue weighted by molar-refractivity contribution is 9.10. The van der Waals surface area contributed by atoms with E-state index in [1.54, 1.807) is 89.7 Å². The summed E-state index contributed by atoms with van der Waals surface area (Å²) in [6.45, 7) is 7.52. The highest BCUT2D eigenvalue weighted by Crippen LogP contribution is 2.43. The molecule has 14 rings (SSSR count). The zero-order chi connectivity index (χ0) is 74.7. The molecule has 544 valence electrons. The molecule has 11 aromatic rings. The van der Waals surface area contributed by atoms with Gasteiger partial charge in [0.1, 0.15) is 46.0 Å². The van der Waals surface area contributed by atoms with Crippen molar-refractivity contribution in [3.8, 4) is 51.0 Å². The van der Waals surface area contributed by atoms with Crippen molar-refractivity contribution in [1.82, 2.24) is 44.8 Å². The number of pyridine rings is 3. The minimum Gasteiger partial charge on any atom is -0.508 e. The van der Waals surface area contributed by atoms with Gasteiger partial charge in [0.05, 0.1) is 87.7 Å². The Morgan fingerprint density at radius 1 is 0.462 bits per heavy atom. The third-order valence-corrected chi connectivity index (χ3v) is 22.5. The molecule has 0 bridgehead atoms. The Labute approximate surface area is 610 Å². The number of carbonyl (C=O) groups excluding carboxylic acids is 3. The lowest BCUT2D eigenvalue weighted by Crippen LogP contribution is -2.31. The molecule has 3 aliphatic rings. The van der Waals surface area contributed by atoms with E-state index in [4.69, 9.17) is 14.9 Å². The van der Waals surface area contributed by atoms with Gasteiger partial charge in [-0.2, -0.15) is 15.3 Å². The van der Waals surface area contributed by atoms with E-state index in [2.05, 4.69) is 62.8 Å². The summed E-state index contributed by atoms with van der Waals surface area (Å²) >= 11 is 3.43. The van der Waals surface area contributed by atoms with Crippen molar-refractivity contribution in [1.29, 1.82) is 0 Å². The third-order valence-electron chi connectivity index (χ3n) is 18.5. The average molecular weight is 1540 g/mol. The molecule has 3 amide bonds. The van der Waals surface area contributed by atoms with Gasteiger partial charge in [0.15, 0.2) is 0 Å². The highest BCUT2D eigenvalue weighted by Gasteiger charge is 2.34. The Bertz CT molecular complexity index is 5380. The molecule has 0 spiro atoms. The molecule has 23 nitrogen and oxygen atoms in total. The Kier molecular flexibility index (Phi) is 22.3. The van der Waals surface area contributed by atoms with Gasteiger partial charge >= 0.3 is 0 Å². The molecule has 5 aromatic carbocycles. The van der Waals surface area contributed by atoms with E-state index >= 15 is 0 Å². The number of benzene rings is 5. The van der Waals surface area contributed by atoms with Gasteiger partial charge in [0, 0.05) is 61.9 Å². The number of hydrogen-bond acceptors (Lipinski definition) is 14. The molecule has 3 unspecified atom stereocenters. The van der Waals surface area contributed by atoms with Crippen LogP contribution in [0.4, 0.5) is 25.8 Å². The van der Waals surface area contributed by atoms with Gasteiger partial charge in [0.25, 0.3) is 17.7 Å². The molecule has 0 saturated carbocycles. The fourth-order valence-corrected chi connectivity index (χ4v) is 16.4. The molecule has 0 fully saturated rings. The second-order valence-corrected chi connectivity index (χ2v) is 32.4. The van der Waals surface area contributed by atoms with E-state index in [9.17, 15) is 48.4 Å². The SMILES string of the molecule is CNC(=O)c1c(-c2ccc(Br)cc2)nn2cc3c(cc12)C(C)CCCN3S(C)(=O)=O.CNC(=O)c1c(-c2ccc(Oc3ccc(F)cc3)cc2)nn2cc3c(cc12)C(C)CCCN3S(C)(=O)=O.CNC(=O)c1c(-c2ccccc2)nn2cc3c(cc12)C(C)CCCN3S(C)(=O)=O.Oc1ccc(F)cc1. The summed E-state index contributed by atoms with van der Waals surface area (Å²) in [5, 5.41) is 30.8. The first-order chi connectivity index (χ1) is 49.4. The molecule has 3 atom stereocenters. The van der Waals surface area contributed by atoms with Crippen molar-refractivity contribution >= 4 is 97.3 Å². The molecule has 6 aromatic heterocycles. The molecule has 9 heterocycles. The van der Waals surface area contributed by atoms with Crippen LogP contribution in [0.3, 0.4) is 0 Å². The highest BCUT2D eigenvalue weighted by atomic mass is 79.9. The van der Waals surface area contributed by atoms with Gasteiger partial charge in [-0.05, 0) is 176 Å². The van der Waals surface area contributed by atoms with Crippen LogP contribution in [0, 0.1) is 11.6 Å². The summed E-state index contributed by atoms with van der Waals surface area (Å²) in [5.41, 5.74) is 11.8. The van der Waals surface area contributed by atoms with Gasteiger partial charge in [-0.3, -0.25) is 27.3 Å². The van der Waals surface area contributed by atoms with Crippen LogP contribution < -0.4 is 33.6 Å². The van der Waals surface area contributed by atoms with Gasteiger partial charge in [-0.15, -0.1) is 0 Å². The number of halogens is 3. The predicted octanol–water partition coefficient (Wildman–Crippen LogP) is 13.3. The number of anilines is 3. The number of sulfonamides is 3. The normalized spacial score (nSPS) is 16.0. The second-order valence-electron chi connectivity index (χ2n) is 25.8. The molecular weight excluding hydrogens is 1460 g/mol. The Morgan fingerprint density at radius 3 is 1.07 bits per heavy atom. The zero-order valence-electron chi connectivity index (χ0n) is 58.6. The standard InChI is InChI=1S/C27H27FN4O4S.C21H23BrN4O3S.C21H24N4O3S.C6H5FO/c1-17-5-4-14-32(37(3,34)35)24-16-31-23(15-22(17)24)25(27(33)29-2)26(30-31)18-6-10-20(11-7-18)36-21-12-8-19(28)9-13-21;1-13-5-4-10-26(30(3,28)29)18-12-25-17(11-16(13)18)19(21(27)23-2)20(24-25)14-6-8-15(22)9-7-14;1-14-8-7-11-25(29(3,27)28)18-13-24-17(12-16(14)18)19(21(26)22-2)20(23-24)15-9-5-4-6-10-15;7-5-1-3-6(8)4-2-5/h6-13,15-17H,4-5,14H2,1-3H3,(H,29,33);6-9,11-13H,4-5,10H2,1-3H3,(H,23,27);4-6,9-10,12-14H,7-8,11H2,1-3H3,(H,22,26);1-4,8H. The number of nitrogens with zero attached hydrogens (tertiary/aromatic N) is 9. The maximum absolute atomic E-state index is 13.2. The van der Waals surface area contributed by atoms with Crippen LogP contribution in [0.5, 0.6) is 17.2 Å². The monoisotopic (exact) mass is 1540 g/mol. The Morgan fingerprint density at radius 2 is 0.760 bits per heavy atom. The van der Waals surface area contributed by atoms with E-state index in [1.807, 2.05) is 72.8 Å². The van der Waals surface area contributed by atoms with E-state index in [1.165, 1.54) is 68.1 Å². The molecule has 29 heteroatoms. The molecule has 104 heavy (non-hydrogen) atoms. The number of phenolic OH excluding ortho intramolecular Hbond substituents is 1. The van der Waals surface area contributed by atoms with E-state index in [0.29, 0.717) is 104 Å². The minimum absolute atomic E-state index is 0.0893. The Hall–Kier alpha value is -10.2. The van der Waals surface area contributed by atoms with Gasteiger partial charge < -0.3 is 25.8 Å². The van der Waals surface area contributed by atoms with Crippen molar-refractivity contribution in [3.05, 3.63) is 214 Å². The largest absolute Gasteiger partial charge is 0.508 e. The molecule has 4 N–H and O–H groups in total. The minimum atomic E-state index is -3.49. The lowest BCUT2D eigenvalue weighted by molar-refractivity contribution is 0.0957. The maximum atomic E-state index is 13.2. The Balaban J connectivity index is 0.000000149. The number of hydrogen-bond donors (Lipinski definition) is 4. The molecule has 3 aliphatic heterocycles. The van der Waals surface area contributed by atoms with Crippen LogP contribution >= 0.6 is 15.9 Å². The first kappa shape index (κ1) is 74.9. The molecule has 0 radical (unpaired) electrons. The summed E-state index contributed by atoms with van der Waals surface area (Å²) in [7, 11) is -5.58. The van der Waals surface area contributed by atoms with Crippen molar-refractivity contribution in [3.63, 3.8) is 0 Å². The number of aromatic nitrogens is 6. The number of aromatic hydroxyl groups is 1. The van der Waals surface area contributed by atoms with Gasteiger partial charge in [-0.1, -0.05) is 79.2 Å². The molecule has 0 aliphatic carbocycles. The lowest BCUT2D eigenvalue weighted by atomic mass is 9.96. The number of carbonyl (C=O) groups is 3. The summed E-state index contributed by atoms with van der Waals surface area (Å²) in [4.78, 5) is 38.6. The number of amides is 3. The van der Waals surface area contributed by atoms with Crippen molar-refractivity contribution < 1.29 is 58.3 Å². The maximum Gasteiger partial charge on any atom is 0.255 e. The smallest absolute Gasteiger partial charge is 0.255 e. The number of nitrogens with one attached hydrogen (secondary N) is 3. The van der Waals surface area contributed by atoms with E-state index in [-0.39, 0.29) is 52.9 Å². The molecule has 0 saturated heterocycles. The summed E-state index contributed by atoms with van der Waals surface area (Å²) in [6, 6.07) is 40.7. The first-order valence-electron chi connectivity index (χ1n) is 33.5. The van der Waals surface area contributed by atoms with Crippen molar-refractivity contribution in [2.75, 3.05) is 72.5 Å². The number of fused-ring (bicyclic) bond motifs is 6. The number of rotatable bonds is 11. The quantitative estimate of drug-likeness (QED) is 0.0937. The summed E-state index contributed by atoms with van der Waals surface area (Å²) in [5.74, 6) is 0.169. The van der Waals surface area contributed by atoms with Crippen molar-refractivity contribution in [2.24, 2.45) is 0 Å². The topological polar surface area (TPSA) is 281 Å². The zero-order valence-corrected chi connectivity index (χ0v) is 62.6. The van der Waals surface area contributed by atoms with Crippen LogP contribution in [0.25, 0.3) is 50.3 Å². The van der Waals surface area contributed by atoms with Crippen molar-refractivity contribution in [2.45, 2.75) is 77.0 Å². The fourth-order valence-electron chi connectivity index (χ4n) is 13.2. The van der Waals surface area contributed by atoms with Crippen LogP contribution in [0.15, 0.2) is 169 Å². The van der Waals surface area contributed by atoms with Gasteiger partial charge in [-0.25, -0.2) is 47.6 Å².